The maximum absolute atomic E-state index is 12.5. The van der Waals surface area contributed by atoms with E-state index in [0.29, 0.717) is 34.8 Å². The number of amidine groups is 1. The summed E-state index contributed by atoms with van der Waals surface area (Å²) in [7, 11) is 0. The average Bonchev–Trinajstić information content (AvgIpc) is 3.13. The van der Waals surface area contributed by atoms with Crippen LogP contribution in [0.1, 0.15) is 57.9 Å². The number of amides is 1. The molecule has 0 saturated carbocycles. The molecule has 1 N–H and O–H groups in total. The normalized spacial score (nSPS) is 15.8. The molecule has 1 saturated heterocycles. The number of para-hydroxylation sites is 1. The number of unbranched alkanes of at least 4 members (excludes halogenated alkanes) is 5. The van der Waals surface area contributed by atoms with Gasteiger partial charge in [-0.1, -0.05) is 57.2 Å². The van der Waals surface area contributed by atoms with Crippen LogP contribution >= 0.6 is 27.7 Å². The molecule has 1 aliphatic heterocycles. The summed E-state index contributed by atoms with van der Waals surface area (Å²) in [6.45, 7) is 5.36. The van der Waals surface area contributed by atoms with Gasteiger partial charge >= 0.3 is 0 Å². The highest BCUT2D eigenvalue weighted by Crippen LogP contribution is 2.38. The molecule has 0 unspecified atom stereocenters. The van der Waals surface area contributed by atoms with E-state index in [9.17, 15) is 4.79 Å². The van der Waals surface area contributed by atoms with E-state index in [-0.39, 0.29) is 5.91 Å². The summed E-state index contributed by atoms with van der Waals surface area (Å²) in [6.07, 6.45) is 9.13. The lowest BCUT2D eigenvalue weighted by molar-refractivity contribution is -0.115. The molecule has 0 aliphatic carbocycles. The third-order valence-electron chi connectivity index (χ3n) is 5.01. The Morgan fingerprint density at radius 1 is 1.03 bits per heavy atom. The summed E-state index contributed by atoms with van der Waals surface area (Å²) in [6, 6.07) is 13.4. The maximum Gasteiger partial charge on any atom is 0.264 e. The van der Waals surface area contributed by atoms with E-state index in [4.69, 9.17) is 9.47 Å². The summed E-state index contributed by atoms with van der Waals surface area (Å²) in [5.74, 6) is 1.22. The first kappa shape index (κ1) is 25.4. The van der Waals surface area contributed by atoms with E-state index >= 15 is 0 Å². The smallest absolute Gasteiger partial charge is 0.264 e. The summed E-state index contributed by atoms with van der Waals surface area (Å²) < 4.78 is 12.7. The molecule has 33 heavy (non-hydrogen) atoms. The average molecular weight is 532 g/mol. The van der Waals surface area contributed by atoms with Crippen molar-refractivity contribution in [1.82, 2.24) is 5.32 Å². The second kappa shape index (κ2) is 13.5. The van der Waals surface area contributed by atoms with E-state index in [1.54, 1.807) is 0 Å². The molecule has 1 heterocycles. The largest absolute Gasteiger partial charge is 0.490 e. The van der Waals surface area contributed by atoms with Gasteiger partial charge in [0.25, 0.3) is 5.91 Å². The van der Waals surface area contributed by atoms with Crippen LogP contribution in [0.25, 0.3) is 6.08 Å². The van der Waals surface area contributed by atoms with Crippen LogP contribution in [0, 0.1) is 0 Å². The Kier molecular flexibility index (Phi) is 10.3. The third-order valence-corrected chi connectivity index (χ3v) is 6.51. The molecular weight excluding hydrogens is 500 g/mol. The number of ether oxygens (including phenoxy) is 2. The van der Waals surface area contributed by atoms with E-state index in [1.807, 2.05) is 55.5 Å². The van der Waals surface area contributed by atoms with Crippen molar-refractivity contribution < 1.29 is 14.3 Å². The number of carbonyl (C=O) groups excluding carboxylic acids is 1. The van der Waals surface area contributed by atoms with Crippen molar-refractivity contribution >= 4 is 50.5 Å². The number of benzene rings is 2. The lowest BCUT2D eigenvalue weighted by atomic mass is 10.1. The molecular formula is C26H31BrN2O3S. The zero-order valence-corrected chi connectivity index (χ0v) is 21.6. The molecule has 1 amide bonds. The Labute approximate surface area is 209 Å². The van der Waals surface area contributed by atoms with Gasteiger partial charge in [-0.15, -0.1) is 0 Å². The molecule has 2 aromatic carbocycles. The van der Waals surface area contributed by atoms with E-state index in [0.717, 1.165) is 22.1 Å². The highest BCUT2D eigenvalue weighted by atomic mass is 79.9. The Hall–Kier alpha value is -2.25. The summed E-state index contributed by atoms with van der Waals surface area (Å²) in [4.78, 5) is 17.5. The van der Waals surface area contributed by atoms with E-state index in [2.05, 4.69) is 33.2 Å². The molecule has 0 atom stereocenters. The summed E-state index contributed by atoms with van der Waals surface area (Å²) >= 11 is 4.95. The van der Waals surface area contributed by atoms with Gasteiger partial charge in [-0.2, -0.15) is 0 Å². The fraction of sp³-hybridized carbons (Fsp3) is 0.385. The van der Waals surface area contributed by atoms with Crippen LogP contribution in [-0.2, 0) is 4.79 Å². The lowest BCUT2D eigenvalue weighted by Gasteiger charge is -2.15. The third kappa shape index (κ3) is 7.93. The molecule has 0 aromatic heterocycles. The van der Waals surface area contributed by atoms with Gasteiger partial charge in [-0.25, -0.2) is 4.99 Å². The predicted octanol–water partition coefficient (Wildman–Crippen LogP) is 7.48. The molecule has 176 valence electrons. The number of nitrogens with one attached hydrogen (secondary N) is 1. The van der Waals surface area contributed by atoms with Gasteiger partial charge in [0.2, 0.25) is 0 Å². The van der Waals surface area contributed by atoms with Gasteiger partial charge in [0, 0.05) is 0 Å². The Morgan fingerprint density at radius 2 is 1.79 bits per heavy atom. The van der Waals surface area contributed by atoms with E-state index < -0.39 is 0 Å². The van der Waals surface area contributed by atoms with Crippen molar-refractivity contribution in [3.8, 4) is 11.5 Å². The fourth-order valence-corrected chi connectivity index (χ4v) is 4.80. The number of halogens is 1. The van der Waals surface area contributed by atoms with Crippen molar-refractivity contribution in [3.63, 3.8) is 0 Å². The van der Waals surface area contributed by atoms with Crippen LogP contribution < -0.4 is 14.8 Å². The quantitative estimate of drug-likeness (QED) is 0.228. The van der Waals surface area contributed by atoms with Gasteiger partial charge in [0.05, 0.1) is 28.3 Å². The molecule has 1 fully saturated rings. The number of thioether (sulfide) groups is 1. The van der Waals surface area contributed by atoms with Crippen LogP contribution in [0.3, 0.4) is 0 Å². The monoisotopic (exact) mass is 530 g/mol. The van der Waals surface area contributed by atoms with Gasteiger partial charge in [-0.3, -0.25) is 4.79 Å². The minimum absolute atomic E-state index is 0.160. The first-order valence-electron chi connectivity index (χ1n) is 11.5. The number of hydrogen-bond donors (Lipinski definition) is 1. The second-order valence-corrected chi connectivity index (χ2v) is 9.58. The van der Waals surface area contributed by atoms with Crippen LogP contribution in [0.5, 0.6) is 11.5 Å². The Bertz CT molecular complexity index is 993. The molecule has 7 heteroatoms. The second-order valence-electron chi connectivity index (χ2n) is 7.70. The van der Waals surface area contributed by atoms with Crippen molar-refractivity contribution in [2.24, 2.45) is 4.99 Å². The highest BCUT2D eigenvalue weighted by Gasteiger charge is 2.24. The van der Waals surface area contributed by atoms with Crippen molar-refractivity contribution in [3.05, 3.63) is 57.4 Å². The molecule has 5 nitrogen and oxygen atoms in total. The molecule has 0 bridgehead atoms. The topological polar surface area (TPSA) is 59.9 Å². The predicted molar refractivity (Wildman–Crippen MR) is 141 cm³/mol. The standard InChI is InChI=1S/C26H31BrN2O3S/c1-3-5-6-7-8-12-15-32-24-21(27)16-19(17-22(24)31-4-2)18-23-25(30)29-26(33-23)28-20-13-10-9-11-14-20/h9-11,13-14,16-18H,3-8,12,15H2,1-2H3,(H,28,29,30)/b23-18+. The summed E-state index contributed by atoms with van der Waals surface area (Å²) in [5, 5.41) is 3.40. The zero-order chi connectivity index (χ0) is 23.5. The van der Waals surface area contributed by atoms with Crippen LogP contribution in [0.2, 0.25) is 0 Å². The van der Waals surface area contributed by atoms with Crippen LogP contribution in [-0.4, -0.2) is 24.3 Å². The van der Waals surface area contributed by atoms with E-state index in [1.165, 1.54) is 43.9 Å². The van der Waals surface area contributed by atoms with Gasteiger partial charge in [0.15, 0.2) is 16.7 Å². The number of aliphatic imine (C=N–C) groups is 1. The Morgan fingerprint density at radius 3 is 2.55 bits per heavy atom. The van der Waals surface area contributed by atoms with Gasteiger partial charge < -0.3 is 14.8 Å². The number of rotatable bonds is 12. The Balaban J connectivity index is 1.68. The fourth-order valence-electron chi connectivity index (χ4n) is 3.38. The molecule has 1 aliphatic rings. The van der Waals surface area contributed by atoms with Crippen molar-refractivity contribution in [1.29, 1.82) is 0 Å². The number of carbonyl (C=O) groups is 1. The zero-order valence-electron chi connectivity index (χ0n) is 19.2. The molecule has 2 aromatic rings. The summed E-state index contributed by atoms with van der Waals surface area (Å²) in [5.41, 5.74) is 1.66. The first-order chi connectivity index (χ1) is 16.1. The molecule has 0 radical (unpaired) electrons. The van der Waals surface area contributed by atoms with Gasteiger partial charge in [0.1, 0.15) is 0 Å². The molecule has 3 rings (SSSR count). The SMILES string of the molecule is CCCCCCCCOc1c(Br)cc(/C=C2/SC(=Nc3ccccc3)NC2=O)cc1OCC. The number of nitrogens with zero attached hydrogens (tertiary/aromatic N) is 1. The minimum atomic E-state index is -0.160. The lowest BCUT2D eigenvalue weighted by Crippen LogP contribution is -2.19. The molecule has 0 spiro atoms. The first-order valence-corrected chi connectivity index (χ1v) is 13.2. The van der Waals surface area contributed by atoms with Crippen LogP contribution in [0.15, 0.2) is 56.8 Å². The minimum Gasteiger partial charge on any atom is -0.490 e. The van der Waals surface area contributed by atoms with Crippen molar-refractivity contribution in [2.75, 3.05) is 13.2 Å². The highest BCUT2D eigenvalue weighted by molar-refractivity contribution is 9.10. The maximum atomic E-state index is 12.5. The number of hydrogen-bond acceptors (Lipinski definition) is 5. The van der Waals surface area contributed by atoms with Crippen LogP contribution in [0.4, 0.5) is 5.69 Å². The van der Waals surface area contributed by atoms with Gasteiger partial charge in [-0.05, 0) is 76.9 Å². The van der Waals surface area contributed by atoms with Crippen molar-refractivity contribution in [2.45, 2.75) is 52.4 Å².